The molecule has 0 aromatic carbocycles. The molecule has 0 aliphatic heterocycles. The molecule has 0 aliphatic rings. The third-order valence-electron chi connectivity index (χ3n) is 2.24. The van der Waals surface area contributed by atoms with Crippen molar-refractivity contribution in [2.24, 2.45) is 11.8 Å². The Hall–Kier alpha value is -1.83. The Bertz CT molecular complexity index is 354. The topological polar surface area (TPSA) is 122 Å². The Morgan fingerprint density at radius 1 is 1.10 bits per heavy atom. The molecule has 20 heavy (non-hydrogen) atoms. The molecule has 0 radical (unpaired) electrons. The van der Waals surface area contributed by atoms with E-state index in [1.165, 1.54) is 0 Å². The molecule has 1 unspecified atom stereocenters. The monoisotopic (exact) mass is 291 g/mol. The summed E-state index contributed by atoms with van der Waals surface area (Å²) in [5, 5.41) is 19.4. The summed E-state index contributed by atoms with van der Waals surface area (Å²) < 4.78 is 9.84. The summed E-state index contributed by atoms with van der Waals surface area (Å²) >= 11 is 0. The number of carbonyl (C=O) groups excluding carboxylic acids is 2. The lowest BCUT2D eigenvalue weighted by atomic mass is 10.2. The summed E-state index contributed by atoms with van der Waals surface area (Å²) in [5.41, 5.74) is 0. The number of carboxylic acid groups (broad SMARTS) is 1. The maximum Gasteiger partial charge on any atom is 0.411 e. The van der Waals surface area contributed by atoms with Crippen LogP contribution in [0.4, 0.5) is 4.79 Å². The predicted molar refractivity (Wildman–Crippen MR) is 67.7 cm³/mol. The zero-order chi connectivity index (χ0) is 15.9. The second-order valence-electron chi connectivity index (χ2n) is 4.83. The zero-order valence-corrected chi connectivity index (χ0v) is 12.0. The molecule has 8 heteroatoms. The second-order valence-corrected chi connectivity index (χ2v) is 4.83. The molecule has 0 bridgehead atoms. The van der Waals surface area contributed by atoms with Crippen molar-refractivity contribution < 1.29 is 34.1 Å². The van der Waals surface area contributed by atoms with Crippen LogP contribution >= 0.6 is 0 Å². The number of nitrogens with one attached hydrogen (secondary N) is 1. The number of rotatable bonds is 7. The molecule has 0 rings (SSSR count). The molecule has 116 valence electrons. The lowest BCUT2D eigenvalue weighted by molar-refractivity contribution is -0.179. The number of alkyl carbamates (subject to hydrolysis) is 1. The molecule has 8 nitrogen and oxygen atoms in total. The van der Waals surface area contributed by atoms with Gasteiger partial charge >= 0.3 is 18.0 Å². The van der Waals surface area contributed by atoms with E-state index in [1.54, 1.807) is 27.7 Å². The quantitative estimate of drug-likeness (QED) is 0.456. The molecule has 0 heterocycles. The molecule has 0 aliphatic carbocycles. The van der Waals surface area contributed by atoms with E-state index in [2.05, 4.69) is 0 Å². The highest BCUT2D eigenvalue weighted by molar-refractivity contribution is 5.80. The van der Waals surface area contributed by atoms with E-state index in [-0.39, 0.29) is 11.8 Å². The number of aliphatic hydroxyl groups is 1. The largest absolute Gasteiger partial charge is 0.480 e. The Labute approximate surface area is 117 Å². The lowest BCUT2D eigenvalue weighted by Crippen LogP contribution is -2.45. The Morgan fingerprint density at radius 3 is 2.00 bits per heavy atom. The summed E-state index contributed by atoms with van der Waals surface area (Å²) in [6.45, 7) is 5.83. The van der Waals surface area contributed by atoms with Crippen LogP contribution in [0.3, 0.4) is 0 Å². The Balaban J connectivity index is 4.56. The summed E-state index contributed by atoms with van der Waals surface area (Å²) in [6, 6.07) is -1.48. The Morgan fingerprint density at radius 2 is 1.65 bits per heavy atom. The second kappa shape index (κ2) is 8.36. The minimum Gasteiger partial charge on any atom is -0.480 e. The Kier molecular flexibility index (Phi) is 7.60. The van der Waals surface area contributed by atoms with Gasteiger partial charge in [0.15, 0.2) is 6.04 Å². The highest BCUT2D eigenvalue weighted by Crippen LogP contribution is 2.11. The van der Waals surface area contributed by atoms with Gasteiger partial charge in [-0.3, -0.25) is 4.79 Å². The third-order valence-corrected chi connectivity index (χ3v) is 2.24. The van der Waals surface area contributed by atoms with Gasteiger partial charge in [-0.2, -0.15) is 0 Å². The summed E-state index contributed by atoms with van der Waals surface area (Å²) in [4.78, 5) is 33.6. The molecule has 0 aromatic rings. The average Bonchev–Trinajstić information content (AvgIpc) is 2.34. The molecule has 0 saturated heterocycles. The van der Waals surface area contributed by atoms with Crippen molar-refractivity contribution in [3.8, 4) is 0 Å². The number of carboxylic acids is 1. The molecular weight excluding hydrogens is 270 g/mol. The van der Waals surface area contributed by atoms with E-state index in [4.69, 9.17) is 19.7 Å². The van der Waals surface area contributed by atoms with Crippen LogP contribution in [0.15, 0.2) is 0 Å². The first-order valence-electron chi connectivity index (χ1n) is 6.20. The number of aliphatic carboxylic acids is 1. The van der Waals surface area contributed by atoms with Crippen molar-refractivity contribution in [2.75, 3.05) is 6.61 Å². The van der Waals surface area contributed by atoms with Crippen molar-refractivity contribution in [2.45, 2.75) is 40.0 Å². The molecule has 2 atom stereocenters. The van der Waals surface area contributed by atoms with Crippen LogP contribution in [-0.2, 0) is 19.1 Å². The molecule has 1 amide bonds. The molecule has 3 N–H and O–H groups in total. The van der Waals surface area contributed by atoms with Gasteiger partial charge in [0, 0.05) is 5.92 Å². The summed E-state index contributed by atoms with van der Waals surface area (Å²) in [6.07, 6.45) is -2.21. The minimum atomic E-state index is -1.48. The van der Waals surface area contributed by atoms with E-state index in [1.807, 2.05) is 5.32 Å². The fourth-order valence-electron chi connectivity index (χ4n) is 1.01. The van der Waals surface area contributed by atoms with Crippen LogP contribution < -0.4 is 5.32 Å². The standard InChI is InChI=1S/C12H21NO7/c1-6(2)10(17)19-11(7(3)4)20-12(18)13-8(5-14)9(15)16/h6-8,11,14H,5H2,1-4H3,(H,13,18)(H,15,16)/t8-,11?/m1/s1. The fourth-order valence-corrected chi connectivity index (χ4v) is 1.01. The maximum absolute atomic E-state index is 11.5. The van der Waals surface area contributed by atoms with Crippen molar-refractivity contribution >= 4 is 18.0 Å². The summed E-state index contributed by atoms with van der Waals surface area (Å²) in [7, 11) is 0. The van der Waals surface area contributed by atoms with Gasteiger partial charge in [-0.1, -0.05) is 27.7 Å². The highest BCUT2D eigenvalue weighted by atomic mass is 16.7. The van der Waals surface area contributed by atoms with Crippen molar-refractivity contribution in [3.63, 3.8) is 0 Å². The van der Waals surface area contributed by atoms with Gasteiger partial charge in [-0.15, -0.1) is 0 Å². The molecule has 0 saturated carbocycles. The molecule has 0 aromatic heterocycles. The minimum absolute atomic E-state index is 0.305. The van der Waals surface area contributed by atoms with Crippen LogP contribution in [0.25, 0.3) is 0 Å². The number of ether oxygens (including phenoxy) is 2. The van der Waals surface area contributed by atoms with Crippen LogP contribution in [0.2, 0.25) is 0 Å². The van der Waals surface area contributed by atoms with Gasteiger partial charge < -0.3 is 25.0 Å². The number of amides is 1. The van der Waals surface area contributed by atoms with E-state index >= 15 is 0 Å². The van der Waals surface area contributed by atoms with Gasteiger partial charge in [0.05, 0.1) is 12.5 Å². The number of carbonyl (C=O) groups is 3. The number of aliphatic hydroxyl groups excluding tert-OH is 1. The average molecular weight is 291 g/mol. The van der Waals surface area contributed by atoms with Crippen molar-refractivity contribution in [1.82, 2.24) is 5.32 Å². The number of hydrogen-bond donors (Lipinski definition) is 3. The molecule has 0 spiro atoms. The van der Waals surface area contributed by atoms with E-state index in [0.29, 0.717) is 0 Å². The molecule has 0 fully saturated rings. The van der Waals surface area contributed by atoms with E-state index < -0.39 is 37.0 Å². The number of hydrogen-bond acceptors (Lipinski definition) is 6. The van der Waals surface area contributed by atoms with Gasteiger partial charge in [0.1, 0.15) is 0 Å². The lowest BCUT2D eigenvalue weighted by Gasteiger charge is -2.23. The normalized spacial score (nSPS) is 13.8. The van der Waals surface area contributed by atoms with Gasteiger partial charge in [-0.05, 0) is 0 Å². The van der Waals surface area contributed by atoms with Gasteiger partial charge in [0.25, 0.3) is 6.29 Å². The maximum atomic E-state index is 11.5. The van der Waals surface area contributed by atoms with Gasteiger partial charge in [0.2, 0.25) is 0 Å². The smallest absolute Gasteiger partial charge is 0.411 e. The fraction of sp³-hybridized carbons (Fsp3) is 0.750. The van der Waals surface area contributed by atoms with Crippen LogP contribution in [0, 0.1) is 11.8 Å². The van der Waals surface area contributed by atoms with Crippen LogP contribution in [-0.4, -0.2) is 47.2 Å². The SMILES string of the molecule is CC(C)C(=O)OC(OC(=O)N[C@H](CO)C(=O)O)C(C)C. The van der Waals surface area contributed by atoms with Crippen molar-refractivity contribution in [1.29, 1.82) is 0 Å². The first-order chi connectivity index (χ1) is 9.18. The third kappa shape index (κ3) is 6.37. The van der Waals surface area contributed by atoms with Crippen LogP contribution in [0.1, 0.15) is 27.7 Å². The highest BCUT2D eigenvalue weighted by Gasteiger charge is 2.26. The first-order valence-corrected chi connectivity index (χ1v) is 6.20. The van der Waals surface area contributed by atoms with E-state index in [9.17, 15) is 14.4 Å². The summed E-state index contributed by atoms with van der Waals surface area (Å²) in [5.74, 6) is -2.62. The zero-order valence-electron chi connectivity index (χ0n) is 12.0. The predicted octanol–water partition coefficient (Wildman–Crippen LogP) is 0.339. The first kappa shape index (κ1) is 18.2. The number of esters is 1. The van der Waals surface area contributed by atoms with Crippen molar-refractivity contribution in [3.05, 3.63) is 0 Å². The van der Waals surface area contributed by atoms with Gasteiger partial charge in [-0.25, -0.2) is 9.59 Å². The molecular formula is C12H21NO7. The van der Waals surface area contributed by atoms with Crippen LogP contribution in [0.5, 0.6) is 0 Å². The van der Waals surface area contributed by atoms with E-state index in [0.717, 1.165) is 0 Å².